The van der Waals surface area contributed by atoms with Crippen molar-refractivity contribution in [2.24, 2.45) is 0 Å². The van der Waals surface area contributed by atoms with Gasteiger partial charge in [0.25, 0.3) is 0 Å². The molecule has 25 heavy (non-hydrogen) atoms. The maximum Gasteiger partial charge on any atom is 0.186 e. The zero-order valence-corrected chi connectivity index (χ0v) is 16.4. The van der Waals surface area contributed by atoms with Crippen LogP contribution in [0.2, 0.25) is 0 Å². The summed E-state index contributed by atoms with van der Waals surface area (Å²) in [6.07, 6.45) is 1.93. The normalized spacial score (nSPS) is 29.9. The fourth-order valence-corrected chi connectivity index (χ4v) is 2.73. The molecule has 6 heteroatoms. The molecule has 0 spiro atoms. The highest BCUT2D eigenvalue weighted by Gasteiger charge is 2.48. The predicted molar refractivity (Wildman–Crippen MR) is 95.6 cm³/mol. The summed E-state index contributed by atoms with van der Waals surface area (Å²) in [5, 5.41) is 0. The molecule has 0 radical (unpaired) electrons. The highest BCUT2D eigenvalue weighted by Crippen LogP contribution is 2.29. The molecule has 1 heterocycles. The Morgan fingerprint density at radius 3 is 1.96 bits per heavy atom. The van der Waals surface area contributed by atoms with Crippen LogP contribution in [0.25, 0.3) is 0 Å². The Morgan fingerprint density at radius 2 is 1.40 bits per heavy atom. The Bertz CT molecular complexity index is 318. The Kier molecular flexibility index (Phi) is 12.6. The van der Waals surface area contributed by atoms with Gasteiger partial charge in [0.2, 0.25) is 0 Å². The van der Waals surface area contributed by atoms with Crippen LogP contribution in [0.3, 0.4) is 0 Å². The fourth-order valence-electron chi connectivity index (χ4n) is 2.73. The molecule has 1 saturated heterocycles. The molecule has 0 N–H and O–H groups in total. The summed E-state index contributed by atoms with van der Waals surface area (Å²) < 4.78 is 43.6. The van der Waals surface area contributed by atoms with Gasteiger partial charge in [-0.2, -0.15) is 0 Å². The van der Waals surface area contributed by atoms with Gasteiger partial charge in [0.1, 0.15) is 18.3 Å². The van der Waals surface area contributed by atoms with Gasteiger partial charge in [-0.25, -0.2) is 4.39 Å². The largest absolute Gasteiger partial charge is 0.379 e. The third-order valence-corrected chi connectivity index (χ3v) is 4.34. The van der Waals surface area contributed by atoms with Gasteiger partial charge in [-0.05, 0) is 19.3 Å². The number of alkyl halides is 1. The monoisotopic (exact) mass is 364 g/mol. The number of unbranched alkanes of at least 4 members (excludes halogenated alkanes) is 3. The zero-order chi connectivity index (χ0) is 18.5. The molecule has 0 bridgehead atoms. The van der Waals surface area contributed by atoms with Gasteiger partial charge in [-0.3, -0.25) is 0 Å². The highest BCUT2D eigenvalue weighted by molar-refractivity contribution is 4.92. The molecule has 0 aromatic heterocycles. The zero-order valence-electron chi connectivity index (χ0n) is 16.4. The summed E-state index contributed by atoms with van der Waals surface area (Å²) in [6, 6.07) is 0. The summed E-state index contributed by atoms with van der Waals surface area (Å²) in [5.74, 6) is 0. The van der Waals surface area contributed by atoms with Crippen LogP contribution in [0.15, 0.2) is 0 Å². The smallest absolute Gasteiger partial charge is 0.186 e. The molecule has 0 saturated carbocycles. The van der Waals surface area contributed by atoms with Gasteiger partial charge in [0.15, 0.2) is 12.5 Å². The van der Waals surface area contributed by atoms with Crippen LogP contribution in [-0.4, -0.2) is 64.3 Å². The summed E-state index contributed by atoms with van der Waals surface area (Å²) in [6.45, 7) is 8.13. The first-order valence-electron chi connectivity index (χ1n) is 9.82. The molecule has 1 aliphatic rings. The van der Waals surface area contributed by atoms with Gasteiger partial charge in [0.05, 0.1) is 6.61 Å². The standard InChI is InChI=1S/C19H37FO5/c1-5-8-11-22-14-15-16(20)17(23-12-9-6-2)18(19(21-4)25-15)24-13-10-7-3/h15-19H,5-14H2,1-4H3/t15?,16-,17?,18-,19?/m1/s1. The minimum Gasteiger partial charge on any atom is -0.379 e. The van der Waals surface area contributed by atoms with Crippen molar-refractivity contribution in [1.82, 2.24) is 0 Å². The first-order chi connectivity index (χ1) is 12.2. The molecule has 1 fully saturated rings. The number of methoxy groups -OCH3 is 1. The van der Waals surface area contributed by atoms with Crippen molar-refractivity contribution in [1.29, 1.82) is 0 Å². The summed E-state index contributed by atoms with van der Waals surface area (Å²) in [7, 11) is 1.55. The molecule has 3 unspecified atom stereocenters. The maximum absolute atomic E-state index is 15.1. The molecule has 5 nitrogen and oxygen atoms in total. The molecule has 0 aliphatic carbocycles. The number of hydrogen-bond acceptors (Lipinski definition) is 5. The van der Waals surface area contributed by atoms with E-state index in [1.54, 1.807) is 7.11 Å². The Morgan fingerprint density at radius 1 is 0.840 bits per heavy atom. The Hall–Kier alpha value is -0.270. The van der Waals surface area contributed by atoms with E-state index in [4.69, 9.17) is 23.7 Å². The third kappa shape index (κ3) is 7.87. The van der Waals surface area contributed by atoms with Crippen molar-refractivity contribution in [3.8, 4) is 0 Å². The quantitative estimate of drug-likeness (QED) is 0.438. The van der Waals surface area contributed by atoms with E-state index in [0.29, 0.717) is 19.8 Å². The third-order valence-electron chi connectivity index (χ3n) is 4.34. The second kappa shape index (κ2) is 13.9. The van der Waals surface area contributed by atoms with E-state index in [1.807, 2.05) is 0 Å². The first-order valence-corrected chi connectivity index (χ1v) is 9.82. The fraction of sp³-hybridized carbons (Fsp3) is 1.00. The lowest BCUT2D eigenvalue weighted by molar-refractivity contribution is -0.302. The average molecular weight is 364 g/mol. The molecule has 1 aliphatic heterocycles. The lowest BCUT2D eigenvalue weighted by Gasteiger charge is -2.42. The lowest BCUT2D eigenvalue weighted by Crippen LogP contribution is -2.59. The number of hydrogen-bond donors (Lipinski definition) is 0. The van der Waals surface area contributed by atoms with Crippen molar-refractivity contribution in [3.63, 3.8) is 0 Å². The molecular formula is C19H37FO5. The van der Waals surface area contributed by atoms with Crippen LogP contribution >= 0.6 is 0 Å². The van der Waals surface area contributed by atoms with E-state index < -0.39 is 30.8 Å². The van der Waals surface area contributed by atoms with Crippen LogP contribution in [0.5, 0.6) is 0 Å². The topological polar surface area (TPSA) is 46.2 Å². The first kappa shape index (κ1) is 22.8. The highest BCUT2D eigenvalue weighted by atomic mass is 19.1. The van der Waals surface area contributed by atoms with Crippen molar-refractivity contribution >= 4 is 0 Å². The Labute approximate surface area is 152 Å². The summed E-state index contributed by atoms with van der Waals surface area (Å²) >= 11 is 0. The van der Waals surface area contributed by atoms with Crippen molar-refractivity contribution < 1.29 is 28.1 Å². The van der Waals surface area contributed by atoms with E-state index in [9.17, 15) is 0 Å². The van der Waals surface area contributed by atoms with Crippen molar-refractivity contribution in [2.75, 3.05) is 33.5 Å². The molecule has 0 aromatic rings. The van der Waals surface area contributed by atoms with E-state index >= 15 is 4.39 Å². The van der Waals surface area contributed by atoms with Crippen LogP contribution in [0, 0.1) is 0 Å². The van der Waals surface area contributed by atoms with Crippen molar-refractivity contribution in [3.05, 3.63) is 0 Å². The molecule has 150 valence electrons. The molecule has 5 atom stereocenters. The van der Waals surface area contributed by atoms with E-state index in [1.165, 1.54) is 0 Å². The molecule has 0 amide bonds. The SMILES string of the molecule is CCCCOCC1OC(OC)[C@H](OCCCC)C(OCCCC)[C@@H]1F. The van der Waals surface area contributed by atoms with Crippen LogP contribution < -0.4 is 0 Å². The molecular weight excluding hydrogens is 327 g/mol. The number of rotatable bonds is 14. The van der Waals surface area contributed by atoms with Crippen LogP contribution in [0.4, 0.5) is 4.39 Å². The second-order valence-electron chi connectivity index (χ2n) is 6.53. The Balaban J connectivity index is 2.70. The van der Waals surface area contributed by atoms with E-state index in [-0.39, 0.29) is 6.61 Å². The molecule has 1 rings (SSSR count). The maximum atomic E-state index is 15.1. The van der Waals surface area contributed by atoms with Crippen molar-refractivity contribution in [2.45, 2.75) is 90.1 Å². The van der Waals surface area contributed by atoms with Gasteiger partial charge in [-0.1, -0.05) is 40.0 Å². The van der Waals surface area contributed by atoms with Gasteiger partial charge >= 0.3 is 0 Å². The minimum atomic E-state index is -1.29. The van der Waals surface area contributed by atoms with Crippen LogP contribution in [0.1, 0.15) is 59.3 Å². The number of ether oxygens (including phenoxy) is 5. The van der Waals surface area contributed by atoms with E-state index in [2.05, 4.69) is 20.8 Å². The number of halogens is 1. The second-order valence-corrected chi connectivity index (χ2v) is 6.53. The summed E-state index contributed by atoms with van der Waals surface area (Å²) in [5.41, 5.74) is 0. The van der Waals surface area contributed by atoms with Gasteiger partial charge < -0.3 is 23.7 Å². The summed E-state index contributed by atoms with van der Waals surface area (Å²) in [4.78, 5) is 0. The molecule has 0 aromatic carbocycles. The van der Waals surface area contributed by atoms with Crippen LogP contribution in [-0.2, 0) is 23.7 Å². The van der Waals surface area contributed by atoms with Gasteiger partial charge in [0, 0.05) is 26.9 Å². The predicted octanol–water partition coefficient (Wildman–Crippen LogP) is 3.88. The minimum absolute atomic E-state index is 0.205. The average Bonchev–Trinajstić information content (AvgIpc) is 2.62. The lowest BCUT2D eigenvalue weighted by atomic mass is 9.99. The van der Waals surface area contributed by atoms with E-state index in [0.717, 1.165) is 38.5 Å². The van der Waals surface area contributed by atoms with Gasteiger partial charge in [-0.15, -0.1) is 0 Å².